The van der Waals surface area contributed by atoms with Gasteiger partial charge in [-0.3, -0.25) is 20.2 Å². The normalized spacial score (nSPS) is 19.3. The minimum atomic E-state index is -1.20. The molecule has 1 fully saturated rings. The number of carbonyl (C=O) groups is 3. The number of hydrogen-bond donors (Lipinski definition) is 2. The van der Waals surface area contributed by atoms with Gasteiger partial charge in [0.25, 0.3) is 0 Å². The molecule has 0 aromatic heterocycles. The van der Waals surface area contributed by atoms with Gasteiger partial charge in [0.15, 0.2) is 0 Å². The van der Waals surface area contributed by atoms with Gasteiger partial charge in [0.1, 0.15) is 5.41 Å². The standard InChI is InChI=1S/C12H18N2O3.Na.H/c1-4-6-8(3)12(7-5-2)9(15)13-11(17)14-10(12)16;;/h5,8H,2,4,6-7H2,1,3H3,(H2,13,14,15,16,17);;. The first-order chi connectivity index (χ1) is 7.98. The molecule has 1 rings (SSSR count). The van der Waals surface area contributed by atoms with E-state index in [0.29, 0.717) is 0 Å². The van der Waals surface area contributed by atoms with Gasteiger partial charge in [0.05, 0.1) is 0 Å². The van der Waals surface area contributed by atoms with Crippen LogP contribution in [0.15, 0.2) is 12.7 Å². The number of amides is 4. The second kappa shape index (κ2) is 7.07. The maximum absolute atomic E-state index is 12.0. The van der Waals surface area contributed by atoms with Crippen LogP contribution in [0.4, 0.5) is 4.79 Å². The molecule has 5 nitrogen and oxygen atoms in total. The van der Waals surface area contributed by atoms with E-state index in [0.717, 1.165) is 12.8 Å². The molecule has 0 aromatic carbocycles. The molecule has 0 bridgehead atoms. The van der Waals surface area contributed by atoms with Gasteiger partial charge in [-0.1, -0.05) is 26.3 Å². The Morgan fingerprint density at radius 1 is 1.28 bits per heavy atom. The third-order valence-electron chi connectivity index (χ3n) is 3.29. The Morgan fingerprint density at radius 2 is 1.78 bits per heavy atom. The third kappa shape index (κ3) is 3.02. The van der Waals surface area contributed by atoms with Gasteiger partial charge in [-0.15, -0.1) is 6.58 Å². The molecule has 18 heavy (non-hydrogen) atoms. The van der Waals surface area contributed by atoms with E-state index in [1.54, 1.807) is 6.08 Å². The van der Waals surface area contributed by atoms with Crippen molar-refractivity contribution in [3.8, 4) is 0 Å². The molecular formula is C12H19N2NaO3. The molecule has 0 spiro atoms. The average molecular weight is 262 g/mol. The topological polar surface area (TPSA) is 75.3 Å². The van der Waals surface area contributed by atoms with Crippen molar-refractivity contribution in [2.24, 2.45) is 11.3 Å². The van der Waals surface area contributed by atoms with E-state index in [2.05, 4.69) is 17.2 Å². The summed E-state index contributed by atoms with van der Waals surface area (Å²) in [7, 11) is 0. The summed E-state index contributed by atoms with van der Waals surface area (Å²) >= 11 is 0. The van der Waals surface area contributed by atoms with Crippen LogP contribution in [0.2, 0.25) is 0 Å². The van der Waals surface area contributed by atoms with Gasteiger partial charge >= 0.3 is 35.6 Å². The fourth-order valence-corrected chi connectivity index (χ4v) is 2.30. The number of nitrogens with one attached hydrogen (secondary N) is 2. The molecule has 1 aliphatic heterocycles. The Hall–Kier alpha value is -0.650. The summed E-state index contributed by atoms with van der Waals surface area (Å²) in [5.41, 5.74) is -1.20. The Kier molecular flexibility index (Phi) is 6.81. The fourth-order valence-electron chi connectivity index (χ4n) is 2.30. The molecule has 6 heteroatoms. The van der Waals surface area contributed by atoms with Crippen molar-refractivity contribution in [1.29, 1.82) is 0 Å². The van der Waals surface area contributed by atoms with Gasteiger partial charge in [0, 0.05) is 0 Å². The van der Waals surface area contributed by atoms with Crippen molar-refractivity contribution in [2.45, 2.75) is 33.1 Å². The number of imide groups is 2. The third-order valence-corrected chi connectivity index (χ3v) is 3.29. The molecule has 4 amide bonds. The minimum absolute atomic E-state index is 0. The fraction of sp³-hybridized carbons (Fsp3) is 0.583. The van der Waals surface area contributed by atoms with Crippen LogP contribution in [-0.4, -0.2) is 47.4 Å². The molecule has 1 heterocycles. The van der Waals surface area contributed by atoms with Crippen LogP contribution in [-0.2, 0) is 9.59 Å². The molecule has 1 unspecified atom stereocenters. The molecule has 0 aliphatic carbocycles. The molecule has 1 aliphatic rings. The summed E-state index contributed by atoms with van der Waals surface area (Å²) in [6.45, 7) is 7.42. The number of urea groups is 1. The van der Waals surface area contributed by atoms with Gasteiger partial charge in [-0.25, -0.2) is 4.79 Å². The average Bonchev–Trinajstić information content (AvgIpc) is 2.23. The zero-order chi connectivity index (χ0) is 13.1. The second-order valence-corrected chi connectivity index (χ2v) is 4.39. The number of rotatable bonds is 5. The van der Waals surface area contributed by atoms with Crippen LogP contribution in [0.25, 0.3) is 0 Å². The van der Waals surface area contributed by atoms with Crippen molar-refractivity contribution >= 4 is 47.4 Å². The molecule has 0 radical (unpaired) electrons. The molecule has 0 aromatic rings. The predicted octanol–water partition coefficient (Wildman–Crippen LogP) is 0.703. The summed E-state index contributed by atoms with van der Waals surface area (Å²) in [6.07, 6.45) is 3.39. The first kappa shape index (κ1) is 17.4. The van der Waals surface area contributed by atoms with E-state index in [9.17, 15) is 14.4 Å². The number of barbiturate groups is 1. The van der Waals surface area contributed by atoms with E-state index < -0.39 is 23.3 Å². The summed E-state index contributed by atoms with van der Waals surface area (Å²) in [6, 6.07) is -0.747. The van der Waals surface area contributed by atoms with Crippen LogP contribution in [0.5, 0.6) is 0 Å². The van der Waals surface area contributed by atoms with E-state index in [1.807, 2.05) is 13.8 Å². The first-order valence-corrected chi connectivity index (χ1v) is 5.76. The van der Waals surface area contributed by atoms with Crippen LogP contribution >= 0.6 is 0 Å². The van der Waals surface area contributed by atoms with Crippen molar-refractivity contribution in [3.05, 3.63) is 12.7 Å². The number of carbonyl (C=O) groups excluding carboxylic acids is 3. The van der Waals surface area contributed by atoms with Crippen LogP contribution < -0.4 is 10.6 Å². The van der Waals surface area contributed by atoms with Crippen LogP contribution in [0.3, 0.4) is 0 Å². The summed E-state index contributed by atoms with van der Waals surface area (Å²) in [4.78, 5) is 35.1. The van der Waals surface area contributed by atoms with E-state index >= 15 is 0 Å². The Morgan fingerprint density at radius 3 is 2.17 bits per heavy atom. The number of hydrogen-bond acceptors (Lipinski definition) is 3. The van der Waals surface area contributed by atoms with Gasteiger partial charge in [0.2, 0.25) is 11.8 Å². The van der Waals surface area contributed by atoms with Gasteiger partial charge in [-0.2, -0.15) is 0 Å². The van der Waals surface area contributed by atoms with Crippen molar-refractivity contribution < 1.29 is 14.4 Å². The van der Waals surface area contributed by atoms with E-state index in [-0.39, 0.29) is 41.9 Å². The molecule has 1 atom stereocenters. The Bertz CT molecular complexity index is 348. The maximum atomic E-state index is 12.0. The quantitative estimate of drug-likeness (QED) is 0.435. The SMILES string of the molecule is C=CCC1(C(C)CCC)C(=O)NC(=O)NC1=O.[NaH]. The van der Waals surface area contributed by atoms with E-state index in [1.165, 1.54) is 0 Å². The zero-order valence-electron chi connectivity index (χ0n) is 10.2. The van der Waals surface area contributed by atoms with Gasteiger partial charge < -0.3 is 0 Å². The van der Waals surface area contributed by atoms with Crippen LogP contribution in [0.1, 0.15) is 33.1 Å². The van der Waals surface area contributed by atoms with Crippen molar-refractivity contribution in [3.63, 3.8) is 0 Å². The molecular weight excluding hydrogens is 243 g/mol. The van der Waals surface area contributed by atoms with Crippen LogP contribution in [0, 0.1) is 11.3 Å². The van der Waals surface area contributed by atoms with E-state index in [4.69, 9.17) is 0 Å². The first-order valence-electron chi connectivity index (χ1n) is 5.76. The predicted molar refractivity (Wildman–Crippen MR) is 70.1 cm³/mol. The van der Waals surface area contributed by atoms with Gasteiger partial charge in [-0.05, 0) is 18.8 Å². The molecule has 96 valence electrons. The Labute approximate surface area is 129 Å². The molecule has 1 saturated heterocycles. The summed E-state index contributed by atoms with van der Waals surface area (Å²) in [5.74, 6) is -1.18. The monoisotopic (exact) mass is 262 g/mol. The second-order valence-electron chi connectivity index (χ2n) is 4.39. The zero-order valence-corrected chi connectivity index (χ0v) is 10.2. The van der Waals surface area contributed by atoms with Crippen molar-refractivity contribution in [1.82, 2.24) is 10.6 Å². The van der Waals surface area contributed by atoms with Crippen molar-refractivity contribution in [2.75, 3.05) is 0 Å². The molecule has 2 N–H and O–H groups in total. The molecule has 0 saturated carbocycles. The summed E-state index contributed by atoms with van der Waals surface area (Å²) in [5, 5.41) is 4.33. The number of allylic oxidation sites excluding steroid dienone is 1. The Balaban J connectivity index is 0.00000289. The summed E-state index contributed by atoms with van der Waals surface area (Å²) < 4.78 is 0.